The second-order valence-corrected chi connectivity index (χ2v) is 7.43. The number of carbonyl (C=O) groups excluding carboxylic acids is 1. The van der Waals surface area contributed by atoms with Crippen molar-refractivity contribution in [3.63, 3.8) is 0 Å². The van der Waals surface area contributed by atoms with Gasteiger partial charge >= 0.3 is 6.03 Å². The van der Waals surface area contributed by atoms with E-state index in [9.17, 15) is 4.79 Å². The summed E-state index contributed by atoms with van der Waals surface area (Å²) in [6.07, 6.45) is 0.0219. The second kappa shape index (κ2) is 8.87. The van der Waals surface area contributed by atoms with Crippen LogP contribution in [0.3, 0.4) is 0 Å². The fourth-order valence-electron chi connectivity index (χ4n) is 2.55. The summed E-state index contributed by atoms with van der Waals surface area (Å²) in [5, 5.41) is 6.09. The summed E-state index contributed by atoms with van der Waals surface area (Å²) < 4.78 is 6.58. The summed E-state index contributed by atoms with van der Waals surface area (Å²) >= 11 is 9.42. The molecule has 1 aliphatic rings. The van der Waals surface area contributed by atoms with Crippen LogP contribution in [0.25, 0.3) is 0 Å². The molecular weight excluding hydrogens is 382 g/mol. The normalized spacial score (nSPS) is 18.9. The number of ether oxygens (including phenoxy) is 1. The smallest absolute Gasteiger partial charge is 0.319 e. The van der Waals surface area contributed by atoms with Gasteiger partial charge in [-0.05, 0) is 24.1 Å². The first-order valence-corrected chi connectivity index (χ1v) is 8.95. The number of rotatable bonds is 5. The minimum absolute atomic E-state index is 0.0219. The molecule has 7 heteroatoms. The molecule has 0 radical (unpaired) electrons. The Hall–Kier alpha value is -0.820. The van der Waals surface area contributed by atoms with Gasteiger partial charge in [-0.3, -0.25) is 4.90 Å². The zero-order chi connectivity index (χ0) is 16.8. The fourth-order valence-corrected chi connectivity index (χ4v) is 3.27. The first-order chi connectivity index (χ1) is 10.9. The molecule has 1 heterocycles. The molecule has 1 aromatic carbocycles. The van der Waals surface area contributed by atoms with Gasteiger partial charge in [0.2, 0.25) is 0 Å². The number of urea groups is 1. The maximum Gasteiger partial charge on any atom is 0.319 e. The quantitative estimate of drug-likeness (QED) is 0.788. The molecule has 1 aromatic rings. The van der Waals surface area contributed by atoms with Crippen LogP contribution < -0.4 is 10.6 Å². The highest BCUT2D eigenvalue weighted by atomic mass is 79.9. The molecule has 1 saturated heterocycles. The highest BCUT2D eigenvalue weighted by Gasteiger charge is 2.21. The molecule has 1 fully saturated rings. The van der Waals surface area contributed by atoms with Crippen molar-refractivity contribution in [2.24, 2.45) is 5.92 Å². The maximum absolute atomic E-state index is 12.0. The number of nitrogens with zero attached hydrogens (tertiary/aromatic N) is 1. The number of nitrogens with one attached hydrogen (secondary N) is 2. The molecule has 5 nitrogen and oxygen atoms in total. The monoisotopic (exact) mass is 403 g/mol. The van der Waals surface area contributed by atoms with Gasteiger partial charge in [0.15, 0.2) is 0 Å². The first-order valence-electron chi connectivity index (χ1n) is 7.78. The number of halogens is 2. The Bertz CT molecular complexity index is 542. The van der Waals surface area contributed by atoms with Crippen LogP contribution in [0.2, 0.25) is 5.02 Å². The lowest BCUT2D eigenvalue weighted by Gasteiger charge is -2.33. The summed E-state index contributed by atoms with van der Waals surface area (Å²) in [5.41, 5.74) is 0.582. The summed E-state index contributed by atoms with van der Waals surface area (Å²) in [6.45, 7) is 8.46. The van der Waals surface area contributed by atoms with Crippen molar-refractivity contribution in [3.8, 4) is 0 Å². The Labute approximate surface area is 150 Å². The lowest BCUT2D eigenvalue weighted by molar-refractivity contribution is -0.0288. The Kier molecular flexibility index (Phi) is 7.14. The zero-order valence-corrected chi connectivity index (χ0v) is 15.8. The lowest BCUT2D eigenvalue weighted by Crippen LogP contribution is -2.48. The molecule has 128 valence electrons. The topological polar surface area (TPSA) is 53.6 Å². The molecule has 2 N–H and O–H groups in total. The van der Waals surface area contributed by atoms with Gasteiger partial charge < -0.3 is 15.4 Å². The van der Waals surface area contributed by atoms with Gasteiger partial charge in [-0.2, -0.15) is 0 Å². The van der Waals surface area contributed by atoms with Gasteiger partial charge in [-0.1, -0.05) is 41.4 Å². The number of morpholine rings is 1. The summed E-state index contributed by atoms with van der Waals surface area (Å²) in [7, 11) is 0. The van der Waals surface area contributed by atoms with E-state index in [4.69, 9.17) is 16.3 Å². The summed E-state index contributed by atoms with van der Waals surface area (Å²) in [4.78, 5) is 14.4. The largest absolute Gasteiger partial charge is 0.374 e. The van der Waals surface area contributed by atoms with E-state index in [1.807, 2.05) is 6.07 Å². The van der Waals surface area contributed by atoms with E-state index in [2.05, 4.69) is 45.3 Å². The van der Waals surface area contributed by atoms with Crippen LogP contribution in [0.4, 0.5) is 10.5 Å². The van der Waals surface area contributed by atoms with E-state index in [1.54, 1.807) is 12.1 Å². The molecule has 0 aliphatic carbocycles. The van der Waals surface area contributed by atoms with Gasteiger partial charge in [-0.15, -0.1) is 0 Å². The third kappa shape index (κ3) is 6.30. The number of carbonyl (C=O) groups is 1. The van der Waals surface area contributed by atoms with Gasteiger partial charge in [0.1, 0.15) is 0 Å². The second-order valence-electron chi connectivity index (χ2n) is 6.11. The van der Waals surface area contributed by atoms with Crippen LogP contribution >= 0.6 is 27.5 Å². The van der Waals surface area contributed by atoms with Crippen molar-refractivity contribution in [1.29, 1.82) is 0 Å². The fraction of sp³-hybridized carbons (Fsp3) is 0.562. The average molecular weight is 405 g/mol. The molecule has 0 aromatic heterocycles. The number of hydrogen-bond donors (Lipinski definition) is 2. The van der Waals surface area contributed by atoms with Gasteiger partial charge in [-0.25, -0.2) is 4.79 Å². The highest BCUT2D eigenvalue weighted by Crippen LogP contribution is 2.25. The number of anilines is 1. The lowest BCUT2D eigenvalue weighted by atomic mass is 10.2. The minimum atomic E-state index is -0.279. The Morgan fingerprint density at radius 1 is 1.52 bits per heavy atom. The third-order valence-electron chi connectivity index (χ3n) is 3.52. The van der Waals surface area contributed by atoms with Crippen molar-refractivity contribution in [2.75, 3.05) is 38.1 Å². The van der Waals surface area contributed by atoms with Gasteiger partial charge in [0.05, 0.1) is 23.4 Å². The standard InChI is InChI=1S/C16H23BrClN3O2/c1-11(2)9-21-5-6-23-13(10-21)8-19-16(22)20-15-4-3-12(17)7-14(15)18/h3-4,7,11,13H,5-6,8-10H2,1-2H3,(H2,19,20,22). The first kappa shape index (κ1) is 18.5. The van der Waals surface area contributed by atoms with E-state index in [1.165, 1.54) is 0 Å². The Morgan fingerprint density at radius 3 is 3.00 bits per heavy atom. The number of benzene rings is 1. The van der Waals surface area contributed by atoms with Crippen molar-refractivity contribution in [2.45, 2.75) is 20.0 Å². The molecule has 0 spiro atoms. The van der Waals surface area contributed by atoms with Crippen molar-refractivity contribution in [3.05, 3.63) is 27.7 Å². The van der Waals surface area contributed by atoms with Crippen LogP contribution in [0.1, 0.15) is 13.8 Å². The molecule has 1 atom stereocenters. The van der Waals surface area contributed by atoms with Gasteiger partial charge in [0, 0.05) is 30.7 Å². The number of amides is 2. The molecule has 0 bridgehead atoms. The van der Waals surface area contributed by atoms with Crippen LogP contribution in [0.5, 0.6) is 0 Å². The van der Waals surface area contributed by atoms with E-state index < -0.39 is 0 Å². The molecule has 1 unspecified atom stereocenters. The minimum Gasteiger partial charge on any atom is -0.374 e. The third-order valence-corrected chi connectivity index (χ3v) is 4.32. The Morgan fingerprint density at radius 2 is 2.30 bits per heavy atom. The molecule has 23 heavy (non-hydrogen) atoms. The predicted octanol–water partition coefficient (Wildman–Crippen LogP) is 3.58. The summed E-state index contributed by atoms with van der Waals surface area (Å²) in [6, 6.07) is 5.05. The van der Waals surface area contributed by atoms with Crippen LogP contribution in [-0.2, 0) is 4.74 Å². The van der Waals surface area contributed by atoms with Crippen molar-refractivity contribution >= 4 is 39.2 Å². The SMILES string of the molecule is CC(C)CN1CCOC(CNC(=O)Nc2ccc(Br)cc2Cl)C1. The molecule has 2 rings (SSSR count). The van der Waals surface area contributed by atoms with Crippen LogP contribution in [-0.4, -0.2) is 49.8 Å². The van der Waals surface area contributed by atoms with Crippen molar-refractivity contribution < 1.29 is 9.53 Å². The van der Waals surface area contributed by atoms with E-state index in [0.29, 0.717) is 29.8 Å². The van der Waals surface area contributed by atoms with E-state index >= 15 is 0 Å². The molecule has 1 aliphatic heterocycles. The van der Waals surface area contributed by atoms with E-state index in [0.717, 1.165) is 24.1 Å². The van der Waals surface area contributed by atoms with E-state index in [-0.39, 0.29) is 12.1 Å². The van der Waals surface area contributed by atoms with Gasteiger partial charge in [0.25, 0.3) is 0 Å². The maximum atomic E-state index is 12.0. The Balaban J connectivity index is 1.77. The van der Waals surface area contributed by atoms with Crippen LogP contribution in [0, 0.1) is 5.92 Å². The summed E-state index contributed by atoms with van der Waals surface area (Å²) in [5.74, 6) is 0.629. The number of hydrogen-bond acceptors (Lipinski definition) is 3. The molecular formula is C16H23BrClN3O2. The highest BCUT2D eigenvalue weighted by molar-refractivity contribution is 9.10. The predicted molar refractivity (Wildman–Crippen MR) is 97.2 cm³/mol. The van der Waals surface area contributed by atoms with Crippen molar-refractivity contribution in [1.82, 2.24) is 10.2 Å². The molecule has 0 saturated carbocycles. The zero-order valence-electron chi connectivity index (χ0n) is 13.4. The average Bonchev–Trinajstić information content (AvgIpc) is 2.48. The van der Waals surface area contributed by atoms with Crippen LogP contribution in [0.15, 0.2) is 22.7 Å². The molecule has 2 amide bonds.